The molecule has 0 aliphatic rings. The first kappa shape index (κ1) is 15.4. The van der Waals surface area contributed by atoms with Crippen LogP contribution in [0.5, 0.6) is 0 Å². The van der Waals surface area contributed by atoms with Gasteiger partial charge in [0.25, 0.3) is 0 Å². The van der Waals surface area contributed by atoms with Gasteiger partial charge in [-0.2, -0.15) is 0 Å². The van der Waals surface area contributed by atoms with Crippen LogP contribution in [0.25, 0.3) is 0 Å². The summed E-state index contributed by atoms with van der Waals surface area (Å²) in [4.78, 5) is 16.0. The van der Waals surface area contributed by atoms with Crippen molar-refractivity contribution in [3.63, 3.8) is 0 Å². The number of nitrogens with two attached hydrogens (primary N) is 1. The normalized spacial score (nSPS) is 10.8. The van der Waals surface area contributed by atoms with Gasteiger partial charge in [-0.1, -0.05) is 6.92 Å². The first-order valence-electron chi connectivity index (χ1n) is 6.24. The lowest BCUT2D eigenvalue weighted by molar-refractivity contribution is -0.131. The number of unbranched alkanes of at least 4 members (excludes halogenated alkanes) is 1. The molecule has 0 aromatic heterocycles. The standard InChI is InChI=1S/C12H27N3O/c1-4-9-15(11-10-14(2)3)12(16)7-5-6-8-13/h4-11,13H2,1-3H3. The molecular weight excluding hydrogens is 202 g/mol. The van der Waals surface area contributed by atoms with Crippen molar-refractivity contribution in [1.29, 1.82) is 0 Å². The Morgan fingerprint density at radius 1 is 1.12 bits per heavy atom. The maximum Gasteiger partial charge on any atom is 0.222 e. The van der Waals surface area contributed by atoms with E-state index < -0.39 is 0 Å². The maximum atomic E-state index is 11.9. The van der Waals surface area contributed by atoms with Crippen molar-refractivity contribution in [2.24, 2.45) is 5.73 Å². The average molecular weight is 229 g/mol. The Morgan fingerprint density at radius 2 is 1.81 bits per heavy atom. The fourth-order valence-electron chi connectivity index (χ4n) is 1.53. The smallest absolute Gasteiger partial charge is 0.222 e. The molecule has 1 amide bonds. The van der Waals surface area contributed by atoms with E-state index in [1.54, 1.807) is 0 Å². The first-order chi connectivity index (χ1) is 7.61. The highest BCUT2D eigenvalue weighted by molar-refractivity contribution is 5.76. The predicted octanol–water partition coefficient (Wildman–Crippen LogP) is 0.916. The Kier molecular flexibility index (Phi) is 9.24. The topological polar surface area (TPSA) is 49.6 Å². The predicted molar refractivity (Wildman–Crippen MR) is 68.3 cm³/mol. The zero-order valence-corrected chi connectivity index (χ0v) is 11.0. The Balaban J connectivity index is 3.92. The number of hydrogen-bond donors (Lipinski definition) is 1. The van der Waals surface area contributed by atoms with Gasteiger partial charge in [-0.3, -0.25) is 4.79 Å². The quantitative estimate of drug-likeness (QED) is 0.598. The zero-order chi connectivity index (χ0) is 12.4. The summed E-state index contributed by atoms with van der Waals surface area (Å²) < 4.78 is 0. The highest BCUT2D eigenvalue weighted by Crippen LogP contribution is 2.01. The molecule has 0 heterocycles. The van der Waals surface area contributed by atoms with Crippen molar-refractivity contribution < 1.29 is 4.79 Å². The van der Waals surface area contributed by atoms with E-state index in [1.165, 1.54) is 0 Å². The van der Waals surface area contributed by atoms with E-state index in [1.807, 2.05) is 19.0 Å². The van der Waals surface area contributed by atoms with Crippen molar-refractivity contribution in [2.45, 2.75) is 32.6 Å². The Labute approximate surface area is 99.8 Å². The van der Waals surface area contributed by atoms with Gasteiger partial charge >= 0.3 is 0 Å². The molecule has 0 aliphatic heterocycles. The van der Waals surface area contributed by atoms with Crippen LogP contribution in [0.2, 0.25) is 0 Å². The van der Waals surface area contributed by atoms with Gasteiger partial charge in [-0.25, -0.2) is 0 Å². The van der Waals surface area contributed by atoms with Crippen molar-refractivity contribution in [2.75, 3.05) is 40.3 Å². The fourth-order valence-corrected chi connectivity index (χ4v) is 1.53. The van der Waals surface area contributed by atoms with Crippen LogP contribution in [0.15, 0.2) is 0 Å². The number of hydrogen-bond acceptors (Lipinski definition) is 3. The molecule has 0 rings (SSSR count). The van der Waals surface area contributed by atoms with E-state index in [9.17, 15) is 4.79 Å². The lowest BCUT2D eigenvalue weighted by atomic mass is 10.2. The molecule has 0 saturated heterocycles. The molecule has 0 saturated carbocycles. The minimum absolute atomic E-state index is 0.275. The fraction of sp³-hybridized carbons (Fsp3) is 0.917. The van der Waals surface area contributed by atoms with Crippen LogP contribution < -0.4 is 5.73 Å². The summed E-state index contributed by atoms with van der Waals surface area (Å²) in [6, 6.07) is 0. The molecule has 0 atom stereocenters. The number of rotatable bonds is 9. The number of nitrogens with zero attached hydrogens (tertiary/aromatic N) is 2. The zero-order valence-electron chi connectivity index (χ0n) is 11.0. The van der Waals surface area contributed by atoms with Gasteiger partial charge in [0, 0.05) is 26.1 Å². The molecule has 0 aromatic carbocycles. The van der Waals surface area contributed by atoms with E-state index in [0.717, 1.165) is 38.9 Å². The van der Waals surface area contributed by atoms with Gasteiger partial charge in [-0.05, 0) is 39.9 Å². The van der Waals surface area contributed by atoms with Gasteiger partial charge in [0.15, 0.2) is 0 Å². The summed E-state index contributed by atoms with van der Waals surface area (Å²) in [6.07, 6.45) is 3.53. The minimum atomic E-state index is 0.275. The van der Waals surface area contributed by atoms with Gasteiger partial charge in [0.2, 0.25) is 5.91 Å². The molecule has 0 radical (unpaired) electrons. The highest BCUT2D eigenvalue weighted by atomic mass is 16.2. The van der Waals surface area contributed by atoms with Crippen LogP contribution in [-0.2, 0) is 4.79 Å². The number of amides is 1. The second-order valence-electron chi connectivity index (χ2n) is 4.43. The largest absolute Gasteiger partial charge is 0.341 e. The number of likely N-dealkylation sites (N-methyl/N-ethyl adjacent to an activating group) is 1. The van der Waals surface area contributed by atoms with Gasteiger partial charge in [0.1, 0.15) is 0 Å². The molecule has 0 fully saturated rings. The van der Waals surface area contributed by atoms with Gasteiger partial charge < -0.3 is 15.5 Å². The molecule has 4 nitrogen and oxygen atoms in total. The number of carbonyl (C=O) groups is 1. The molecule has 0 aliphatic carbocycles. The van der Waals surface area contributed by atoms with Crippen LogP contribution >= 0.6 is 0 Å². The summed E-state index contributed by atoms with van der Waals surface area (Å²) in [5, 5.41) is 0. The molecule has 0 aromatic rings. The minimum Gasteiger partial charge on any atom is -0.341 e. The first-order valence-corrected chi connectivity index (χ1v) is 6.24. The lowest BCUT2D eigenvalue weighted by Gasteiger charge is -2.24. The third kappa shape index (κ3) is 7.65. The SMILES string of the molecule is CCCN(CCN(C)C)C(=O)CCCCN. The molecule has 0 spiro atoms. The van der Waals surface area contributed by atoms with Crippen LogP contribution in [0, 0.1) is 0 Å². The van der Waals surface area contributed by atoms with Crippen LogP contribution in [0.4, 0.5) is 0 Å². The molecule has 0 unspecified atom stereocenters. The second kappa shape index (κ2) is 9.60. The van der Waals surface area contributed by atoms with E-state index in [4.69, 9.17) is 5.73 Å². The Morgan fingerprint density at radius 3 is 2.31 bits per heavy atom. The monoisotopic (exact) mass is 229 g/mol. The Hall–Kier alpha value is -0.610. The van der Waals surface area contributed by atoms with Crippen molar-refractivity contribution in [3.05, 3.63) is 0 Å². The van der Waals surface area contributed by atoms with Crippen LogP contribution in [-0.4, -0.2) is 56.0 Å². The maximum absolute atomic E-state index is 11.9. The molecule has 0 bridgehead atoms. The molecular formula is C12H27N3O. The van der Waals surface area contributed by atoms with Gasteiger partial charge in [0.05, 0.1) is 0 Å². The second-order valence-corrected chi connectivity index (χ2v) is 4.43. The summed E-state index contributed by atoms with van der Waals surface area (Å²) in [7, 11) is 4.06. The van der Waals surface area contributed by atoms with Crippen molar-refractivity contribution >= 4 is 5.91 Å². The van der Waals surface area contributed by atoms with Crippen LogP contribution in [0.3, 0.4) is 0 Å². The Bertz CT molecular complexity index is 183. The van der Waals surface area contributed by atoms with E-state index >= 15 is 0 Å². The van der Waals surface area contributed by atoms with Crippen LogP contribution in [0.1, 0.15) is 32.6 Å². The van der Waals surface area contributed by atoms with Crippen molar-refractivity contribution in [3.8, 4) is 0 Å². The highest BCUT2D eigenvalue weighted by Gasteiger charge is 2.11. The molecule has 2 N–H and O–H groups in total. The summed E-state index contributed by atoms with van der Waals surface area (Å²) in [5.74, 6) is 0.275. The molecule has 96 valence electrons. The lowest BCUT2D eigenvalue weighted by Crippen LogP contribution is -2.37. The summed E-state index contributed by atoms with van der Waals surface area (Å²) >= 11 is 0. The summed E-state index contributed by atoms with van der Waals surface area (Å²) in [5.41, 5.74) is 5.42. The third-order valence-electron chi connectivity index (χ3n) is 2.51. The van der Waals surface area contributed by atoms with Gasteiger partial charge in [-0.15, -0.1) is 0 Å². The number of carbonyl (C=O) groups excluding carboxylic acids is 1. The van der Waals surface area contributed by atoms with E-state index in [2.05, 4.69) is 11.8 Å². The average Bonchev–Trinajstić information content (AvgIpc) is 2.24. The van der Waals surface area contributed by atoms with E-state index in [0.29, 0.717) is 13.0 Å². The molecule has 16 heavy (non-hydrogen) atoms. The molecule has 4 heteroatoms. The summed E-state index contributed by atoms with van der Waals surface area (Å²) in [6.45, 7) is 5.43. The van der Waals surface area contributed by atoms with E-state index in [-0.39, 0.29) is 5.91 Å². The van der Waals surface area contributed by atoms with Crippen molar-refractivity contribution in [1.82, 2.24) is 9.80 Å². The third-order valence-corrected chi connectivity index (χ3v) is 2.51.